The summed E-state index contributed by atoms with van der Waals surface area (Å²) in [6, 6.07) is 10.7. The molecule has 102 valence electrons. The van der Waals surface area contributed by atoms with Crippen molar-refractivity contribution in [3.8, 4) is 0 Å². The first kappa shape index (κ1) is 13.7. The molecule has 0 fully saturated rings. The summed E-state index contributed by atoms with van der Waals surface area (Å²) in [5, 5.41) is 11.3. The Bertz CT molecular complexity index is 450. The third-order valence-corrected chi connectivity index (χ3v) is 3.39. The van der Waals surface area contributed by atoms with Crippen LogP contribution in [-0.2, 0) is 6.54 Å². The van der Waals surface area contributed by atoms with E-state index < -0.39 is 0 Å². The van der Waals surface area contributed by atoms with Gasteiger partial charge in [-0.05, 0) is 17.4 Å². The van der Waals surface area contributed by atoms with Crippen molar-refractivity contribution in [2.75, 3.05) is 13.1 Å². The van der Waals surface area contributed by atoms with Gasteiger partial charge in [0.1, 0.15) is 0 Å². The van der Waals surface area contributed by atoms with Crippen LogP contribution >= 0.6 is 0 Å². The number of nitrogens with zero attached hydrogens (tertiary/aromatic N) is 3. The van der Waals surface area contributed by atoms with Crippen LogP contribution in [0.1, 0.15) is 25.3 Å². The summed E-state index contributed by atoms with van der Waals surface area (Å²) in [7, 11) is 0. The maximum absolute atomic E-state index is 3.95. The van der Waals surface area contributed by atoms with E-state index in [0.29, 0.717) is 11.8 Å². The smallest absolute Gasteiger partial charge is 0.0692 e. The molecule has 0 saturated carbocycles. The van der Waals surface area contributed by atoms with E-state index in [1.54, 1.807) is 6.20 Å². The molecule has 1 aromatic heterocycles. The molecule has 4 heteroatoms. The number of nitrogens with one attached hydrogen (secondary N) is 1. The van der Waals surface area contributed by atoms with Gasteiger partial charge in [-0.3, -0.25) is 4.68 Å². The van der Waals surface area contributed by atoms with Gasteiger partial charge in [0.25, 0.3) is 0 Å². The molecule has 0 amide bonds. The molecule has 1 atom stereocenters. The van der Waals surface area contributed by atoms with Crippen LogP contribution < -0.4 is 5.32 Å². The number of hydrogen-bond acceptors (Lipinski definition) is 3. The van der Waals surface area contributed by atoms with Gasteiger partial charge in [-0.2, -0.15) is 0 Å². The summed E-state index contributed by atoms with van der Waals surface area (Å²) < 4.78 is 1.85. The summed E-state index contributed by atoms with van der Waals surface area (Å²) >= 11 is 0. The number of rotatable bonds is 7. The molecule has 0 radical (unpaired) electrons. The molecule has 1 N–H and O–H groups in total. The Morgan fingerprint density at radius 1 is 1.21 bits per heavy atom. The molecule has 2 aromatic rings. The van der Waals surface area contributed by atoms with Crippen LogP contribution in [-0.4, -0.2) is 28.1 Å². The Morgan fingerprint density at radius 3 is 2.63 bits per heavy atom. The number of benzene rings is 1. The van der Waals surface area contributed by atoms with Gasteiger partial charge in [0, 0.05) is 19.3 Å². The van der Waals surface area contributed by atoms with Crippen molar-refractivity contribution in [3.05, 3.63) is 48.3 Å². The topological polar surface area (TPSA) is 42.7 Å². The zero-order valence-electron chi connectivity index (χ0n) is 11.7. The normalized spacial score (nSPS) is 12.8. The summed E-state index contributed by atoms with van der Waals surface area (Å²) in [6.45, 7) is 7.32. The van der Waals surface area contributed by atoms with Crippen molar-refractivity contribution >= 4 is 0 Å². The van der Waals surface area contributed by atoms with E-state index in [9.17, 15) is 0 Å². The largest absolute Gasteiger partial charge is 0.314 e. The standard InChI is InChI=1S/C15H22N4/c1-13(2)15(14-6-4-3-5-7-14)12-16-8-10-19-11-9-17-18-19/h3-7,9,11,13,15-16H,8,10,12H2,1-2H3. The Kier molecular flexibility index (Phi) is 5.10. The first-order valence-electron chi connectivity index (χ1n) is 6.87. The summed E-state index contributed by atoms with van der Waals surface area (Å²) in [6.07, 6.45) is 3.60. The van der Waals surface area contributed by atoms with Gasteiger partial charge in [-0.1, -0.05) is 49.4 Å². The molecule has 4 nitrogen and oxygen atoms in total. The SMILES string of the molecule is CC(C)C(CNCCn1ccnn1)c1ccccc1. The van der Waals surface area contributed by atoms with Crippen molar-refractivity contribution in [2.45, 2.75) is 26.3 Å². The quantitative estimate of drug-likeness (QED) is 0.775. The second-order valence-corrected chi connectivity index (χ2v) is 5.13. The third kappa shape index (κ3) is 4.17. The van der Waals surface area contributed by atoms with Gasteiger partial charge in [0.05, 0.1) is 12.7 Å². The van der Waals surface area contributed by atoms with E-state index in [1.165, 1.54) is 5.56 Å². The predicted molar refractivity (Wildman–Crippen MR) is 76.9 cm³/mol. The van der Waals surface area contributed by atoms with Crippen LogP contribution in [0.3, 0.4) is 0 Å². The van der Waals surface area contributed by atoms with Gasteiger partial charge in [-0.15, -0.1) is 5.10 Å². The lowest BCUT2D eigenvalue weighted by atomic mass is 9.88. The van der Waals surface area contributed by atoms with Crippen molar-refractivity contribution in [3.63, 3.8) is 0 Å². The minimum atomic E-state index is 0.553. The van der Waals surface area contributed by atoms with Gasteiger partial charge in [-0.25, -0.2) is 0 Å². The summed E-state index contributed by atoms with van der Waals surface area (Å²) in [5.41, 5.74) is 1.41. The number of hydrogen-bond donors (Lipinski definition) is 1. The molecule has 0 saturated heterocycles. The van der Waals surface area contributed by atoms with Crippen LogP contribution in [0.2, 0.25) is 0 Å². The lowest BCUT2D eigenvalue weighted by molar-refractivity contribution is 0.446. The van der Waals surface area contributed by atoms with Crippen LogP contribution in [0.5, 0.6) is 0 Å². The van der Waals surface area contributed by atoms with Gasteiger partial charge in [0.15, 0.2) is 0 Å². The minimum Gasteiger partial charge on any atom is -0.314 e. The monoisotopic (exact) mass is 258 g/mol. The molecule has 0 aliphatic rings. The maximum atomic E-state index is 3.95. The fourth-order valence-electron chi connectivity index (χ4n) is 2.24. The average molecular weight is 258 g/mol. The maximum Gasteiger partial charge on any atom is 0.0692 e. The third-order valence-electron chi connectivity index (χ3n) is 3.39. The van der Waals surface area contributed by atoms with E-state index in [4.69, 9.17) is 0 Å². The van der Waals surface area contributed by atoms with E-state index >= 15 is 0 Å². The van der Waals surface area contributed by atoms with Crippen molar-refractivity contribution in [1.82, 2.24) is 20.3 Å². The van der Waals surface area contributed by atoms with Gasteiger partial charge >= 0.3 is 0 Å². The highest BCUT2D eigenvalue weighted by molar-refractivity contribution is 5.20. The average Bonchev–Trinajstić information content (AvgIpc) is 2.92. The second kappa shape index (κ2) is 7.04. The molecule has 1 aromatic carbocycles. The van der Waals surface area contributed by atoms with Gasteiger partial charge in [0.2, 0.25) is 0 Å². The summed E-state index contributed by atoms with van der Waals surface area (Å²) in [4.78, 5) is 0. The molecule has 0 spiro atoms. The predicted octanol–water partition coefficient (Wildman–Crippen LogP) is 2.31. The fourth-order valence-corrected chi connectivity index (χ4v) is 2.24. The molecule has 2 rings (SSSR count). The number of aromatic nitrogens is 3. The highest BCUT2D eigenvalue weighted by atomic mass is 15.4. The molecule has 1 heterocycles. The first-order valence-corrected chi connectivity index (χ1v) is 6.87. The van der Waals surface area contributed by atoms with Crippen LogP contribution in [0.15, 0.2) is 42.7 Å². The highest BCUT2D eigenvalue weighted by Gasteiger charge is 2.14. The van der Waals surface area contributed by atoms with E-state index in [1.807, 2.05) is 10.9 Å². The van der Waals surface area contributed by atoms with Gasteiger partial charge < -0.3 is 5.32 Å². The summed E-state index contributed by atoms with van der Waals surface area (Å²) in [5.74, 6) is 1.18. The van der Waals surface area contributed by atoms with Crippen LogP contribution in [0.4, 0.5) is 0 Å². The Balaban J connectivity index is 1.81. The second-order valence-electron chi connectivity index (χ2n) is 5.13. The minimum absolute atomic E-state index is 0.553. The van der Waals surface area contributed by atoms with Crippen molar-refractivity contribution < 1.29 is 0 Å². The molecule has 0 bridgehead atoms. The lowest BCUT2D eigenvalue weighted by Crippen LogP contribution is -2.27. The zero-order chi connectivity index (χ0) is 13.5. The highest BCUT2D eigenvalue weighted by Crippen LogP contribution is 2.23. The first-order chi connectivity index (χ1) is 9.27. The Hall–Kier alpha value is -1.68. The molecular formula is C15H22N4. The zero-order valence-corrected chi connectivity index (χ0v) is 11.7. The van der Waals surface area contributed by atoms with E-state index in [-0.39, 0.29) is 0 Å². The Labute approximate surface area is 114 Å². The van der Waals surface area contributed by atoms with Crippen molar-refractivity contribution in [1.29, 1.82) is 0 Å². The molecule has 19 heavy (non-hydrogen) atoms. The van der Waals surface area contributed by atoms with Crippen LogP contribution in [0, 0.1) is 5.92 Å². The van der Waals surface area contributed by atoms with E-state index in [0.717, 1.165) is 19.6 Å². The molecule has 0 aliphatic heterocycles. The van der Waals surface area contributed by atoms with E-state index in [2.05, 4.69) is 59.8 Å². The van der Waals surface area contributed by atoms with Crippen LogP contribution in [0.25, 0.3) is 0 Å². The molecule has 1 unspecified atom stereocenters. The lowest BCUT2D eigenvalue weighted by Gasteiger charge is -2.22. The molecular weight excluding hydrogens is 236 g/mol. The molecule has 0 aliphatic carbocycles. The Morgan fingerprint density at radius 2 is 2.00 bits per heavy atom. The fraction of sp³-hybridized carbons (Fsp3) is 0.467. The van der Waals surface area contributed by atoms with Crippen molar-refractivity contribution in [2.24, 2.45) is 5.92 Å².